The van der Waals surface area contributed by atoms with E-state index >= 15 is 0 Å². The molecule has 1 aromatic rings. The van der Waals surface area contributed by atoms with Crippen LogP contribution in [0, 0.1) is 5.92 Å². The lowest BCUT2D eigenvalue weighted by Gasteiger charge is -2.18. The van der Waals surface area contributed by atoms with E-state index in [1.165, 1.54) is 24.1 Å². The molecule has 8 heteroatoms. The standard InChI is InChI=1S/C15H17F3N2O3/c1-23-13(21)7-10-5-6-20(9-10)14(22)19-12-4-2-3-11(8-12)15(16,17)18/h2-4,8,10H,5-7,9H2,1H3,(H,19,22). The summed E-state index contributed by atoms with van der Waals surface area (Å²) in [6, 6.07) is 3.99. The van der Waals surface area contributed by atoms with Crippen LogP contribution in [-0.4, -0.2) is 37.1 Å². The van der Waals surface area contributed by atoms with E-state index in [-0.39, 0.29) is 24.0 Å². The van der Waals surface area contributed by atoms with Crippen molar-refractivity contribution in [3.8, 4) is 0 Å². The summed E-state index contributed by atoms with van der Waals surface area (Å²) < 4.78 is 42.5. The molecule has 0 radical (unpaired) electrons. The maximum absolute atomic E-state index is 12.6. The number of urea groups is 1. The van der Waals surface area contributed by atoms with Crippen molar-refractivity contribution in [2.75, 3.05) is 25.5 Å². The van der Waals surface area contributed by atoms with Gasteiger partial charge < -0.3 is 15.0 Å². The lowest BCUT2D eigenvalue weighted by Crippen LogP contribution is -2.33. The van der Waals surface area contributed by atoms with E-state index in [2.05, 4.69) is 10.1 Å². The largest absolute Gasteiger partial charge is 0.469 e. The van der Waals surface area contributed by atoms with Crippen molar-refractivity contribution in [2.24, 2.45) is 5.92 Å². The van der Waals surface area contributed by atoms with Gasteiger partial charge in [-0.1, -0.05) is 6.07 Å². The van der Waals surface area contributed by atoms with Gasteiger partial charge in [0.15, 0.2) is 0 Å². The SMILES string of the molecule is COC(=O)CC1CCN(C(=O)Nc2cccc(C(F)(F)F)c2)C1. The summed E-state index contributed by atoms with van der Waals surface area (Å²) in [7, 11) is 1.30. The second kappa shape index (κ2) is 6.89. The minimum absolute atomic E-state index is 0.00899. The monoisotopic (exact) mass is 330 g/mol. The molecule has 2 amide bonds. The Kier molecular flexibility index (Phi) is 5.12. The van der Waals surface area contributed by atoms with Gasteiger partial charge in [0.05, 0.1) is 19.1 Å². The molecule has 1 aliphatic heterocycles. The fourth-order valence-corrected chi connectivity index (χ4v) is 2.48. The molecule has 0 spiro atoms. The molecule has 0 saturated carbocycles. The summed E-state index contributed by atoms with van der Waals surface area (Å²) in [6.07, 6.45) is -3.57. The molecule has 1 heterocycles. The number of benzene rings is 1. The van der Waals surface area contributed by atoms with Crippen molar-refractivity contribution in [3.63, 3.8) is 0 Å². The number of amides is 2. The number of carbonyl (C=O) groups excluding carboxylic acids is 2. The highest BCUT2D eigenvalue weighted by molar-refractivity contribution is 5.89. The third-order valence-corrected chi connectivity index (χ3v) is 3.70. The normalized spacial score (nSPS) is 17.9. The summed E-state index contributed by atoms with van der Waals surface area (Å²) in [6.45, 7) is 0.826. The molecule has 0 aliphatic carbocycles. The Morgan fingerprint density at radius 3 is 2.78 bits per heavy atom. The Bertz CT molecular complexity index is 590. The van der Waals surface area contributed by atoms with Gasteiger partial charge in [0.25, 0.3) is 0 Å². The van der Waals surface area contributed by atoms with Gasteiger partial charge in [-0.05, 0) is 30.5 Å². The highest BCUT2D eigenvalue weighted by Gasteiger charge is 2.31. The number of alkyl halides is 3. The maximum Gasteiger partial charge on any atom is 0.416 e. The molecule has 23 heavy (non-hydrogen) atoms. The molecule has 126 valence electrons. The third kappa shape index (κ3) is 4.61. The zero-order valence-electron chi connectivity index (χ0n) is 12.5. The van der Waals surface area contributed by atoms with E-state index in [1.54, 1.807) is 0 Å². The van der Waals surface area contributed by atoms with Crippen molar-refractivity contribution in [1.29, 1.82) is 0 Å². The smallest absolute Gasteiger partial charge is 0.416 e. The van der Waals surface area contributed by atoms with Gasteiger partial charge in [-0.2, -0.15) is 13.2 Å². The van der Waals surface area contributed by atoms with Crippen molar-refractivity contribution in [3.05, 3.63) is 29.8 Å². The molecule has 1 saturated heterocycles. The molecule has 1 atom stereocenters. The van der Waals surface area contributed by atoms with Crippen molar-refractivity contribution in [1.82, 2.24) is 4.90 Å². The minimum atomic E-state index is -4.46. The van der Waals surface area contributed by atoms with Crippen LogP contribution < -0.4 is 5.32 Å². The van der Waals surface area contributed by atoms with Crippen LogP contribution in [0.25, 0.3) is 0 Å². The van der Waals surface area contributed by atoms with Gasteiger partial charge in [0.2, 0.25) is 0 Å². The maximum atomic E-state index is 12.6. The fourth-order valence-electron chi connectivity index (χ4n) is 2.48. The van der Waals surface area contributed by atoms with Gasteiger partial charge in [-0.25, -0.2) is 4.79 Å². The van der Waals surface area contributed by atoms with Crippen LogP contribution >= 0.6 is 0 Å². The summed E-state index contributed by atoms with van der Waals surface area (Å²) in [5.41, 5.74) is -0.735. The molecule has 1 unspecified atom stereocenters. The molecular weight excluding hydrogens is 313 g/mol. The molecule has 1 aromatic carbocycles. The van der Waals surface area contributed by atoms with E-state index < -0.39 is 17.8 Å². The number of hydrogen-bond acceptors (Lipinski definition) is 3. The van der Waals surface area contributed by atoms with Crippen molar-refractivity contribution < 1.29 is 27.5 Å². The van der Waals surface area contributed by atoms with Gasteiger partial charge in [0.1, 0.15) is 0 Å². The first-order chi connectivity index (χ1) is 10.8. The average molecular weight is 330 g/mol. The number of esters is 1. The predicted molar refractivity (Wildman–Crippen MR) is 76.8 cm³/mol. The lowest BCUT2D eigenvalue weighted by molar-refractivity contribution is -0.141. The second-order valence-electron chi connectivity index (χ2n) is 5.39. The molecule has 1 N–H and O–H groups in total. The van der Waals surface area contributed by atoms with E-state index in [1.807, 2.05) is 0 Å². The zero-order valence-corrected chi connectivity index (χ0v) is 12.5. The van der Waals surface area contributed by atoms with Gasteiger partial charge in [-0.15, -0.1) is 0 Å². The highest BCUT2D eigenvalue weighted by atomic mass is 19.4. The summed E-state index contributed by atoms with van der Waals surface area (Å²) in [5, 5.41) is 2.46. The Morgan fingerprint density at radius 1 is 1.39 bits per heavy atom. The number of anilines is 1. The first-order valence-corrected chi connectivity index (χ1v) is 7.09. The quantitative estimate of drug-likeness (QED) is 0.866. The van der Waals surface area contributed by atoms with E-state index in [0.717, 1.165) is 12.1 Å². The molecule has 2 rings (SSSR count). The first-order valence-electron chi connectivity index (χ1n) is 7.09. The number of methoxy groups -OCH3 is 1. The number of hydrogen-bond donors (Lipinski definition) is 1. The molecule has 1 fully saturated rings. The van der Waals surface area contributed by atoms with Crippen molar-refractivity contribution in [2.45, 2.75) is 19.0 Å². The number of nitrogens with zero attached hydrogens (tertiary/aromatic N) is 1. The number of likely N-dealkylation sites (tertiary alicyclic amines) is 1. The Morgan fingerprint density at radius 2 is 2.13 bits per heavy atom. The average Bonchev–Trinajstić information content (AvgIpc) is 2.95. The number of nitrogens with one attached hydrogen (secondary N) is 1. The Labute approximate surface area is 131 Å². The number of carbonyl (C=O) groups is 2. The molecule has 1 aliphatic rings. The van der Waals surface area contributed by atoms with E-state index in [4.69, 9.17) is 0 Å². The lowest BCUT2D eigenvalue weighted by atomic mass is 10.1. The van der Waals surface area contributed by atoms with Gasteiger partial charge in [0, 0.05) is 18.8 Å². The van der Waals surface area contributed by atoms with E-state index in [9.17, 15) is 22.8 Å². The predicted octanol–water partition coefficient (Wildman–Crippen LogP) is 3.12. The van der Waals surface area contributed by atoms with Crippen LogP contribution in [0.4, 0.5) is 23.7 Å². The van der Waals surface area contributed by atoms with Crippen molar-refractivity contribution >= 4 is 17.7 Å². The molecule has 0 bridgehead atoms. The third-order valence-electron chi connectivity index (χ3n) is 3.70. The summed E-state index contributed by atoms with van der Waals surface area (Å²) in [5.74, 6) is -0.329. The molecule has 0 aromatic heterocycles. The molecule has 5 nitrogen and oxygen atoms in total. The van der Waals surface area contributed by atoms with Crippen LogP contribution in [0.3, 0.4) is 0 Å². The number of ether oxygens (including phenoxy) is 1. The molecular formula is C15H17F3N2O3. The summed E-state index contributed by atoms with van der Waals surface area (Å²) in [4.78, 5) is 24.8. The minimum Gasteiger partial charge on any atom is -0.469 e. The van der Waals surface area contributed by atoms with Crippen LogP contribution in [0.5, 0.6) is 0 Å². The van der Waals surface area contributed by atoms with Gasteiger partial charge >= 0.3 is 18.2 Å². The van der Waals surface area contributed by atoms with Gasteiger partial charge in [-0.3, -0.25) is 4.79 Å². The van der Waals surface area contributed by atoms with Crippen LogP contribution in [0.2, 0.25) is 0 Å². The Hall–Kier alpha value is -2.25. The zero-order chi connectivity index (χ0) is 17.0. The first kappa shape index (κ1) is 17.1. The second-order valence-corrected chi connectivity index (χ2v) is 5.39. The van der Waals surface area contributed by atoms with Crippen LogP contribution in [0.1, 0.15) is 18.4 Å². The number of rotatable bonds is 3. The highest BCUT2D eigenvalue weighted by Crippen LogP contribution is 2.31. The fraction of sp³-hybridized carbons (Fsp3) is 0.467. The summed E-state index contributed by atoms with van der Waals surface area (Å²) >= 11 is 0. The topological polar surface area (TPSA) is 58.6 Å². The Balaban J connectivity index is 1.94. The van der Waals surface area contributed by atoms with E-state index in [0.29, 0.717) is 19.5 Å². The van der Waals surface area contributed by atoms with Crippen LogP contribution in [0.15, 0.2) is 24.3 Å². The van der Waals surface area contributed by atoms with Crippen LogP contribution in [-0.2, 0) is 15.7 Å². The number of halogens is 3.